The van der Waals surface area contributed by atoms with E-state index in [-0.39, 0.29) is 74.0 Å². The van der Waals surface area contributed by atoms with Gasteiger partial charge in [0.15, 0.2) is 0 Å². The van der Waals surface area contributed by atoms with Crippen molar-refractivity contribution in [3.63, 3.8) is 0 Å². The Kier molecular flexibility index (Phi) is 16.7. The molecule has 59 heavy (non-hydrogen) atoms. The summed E-state index contributed by atoms with van der Waals surface area (Å²) in [6.45, 7) is 11.3. The third-order valence-electron chi connectivity index (χ3n) is 11.1. The van der Waals surface area contributed by atoms with Crippen molar-refractivity contribution in [2.24, 2.45) is 11.8 Å². The normalized spacial score (nSPS) is 17.7. The quantitative estimate of drug-likeness (QED) is 0.0432. The fourth-order valence-electron chi connectivity index (χ4n) is 7.41. The molecule has 5 atom stereocenters. The minimum absolute atomic E-state index is 0.0449. The van der Waals surface area contributed by atoms with Gasteiger partial charge in [0.05, 0.1) is 36.9 Å². The standard InChI is InChI=1S/C42H58F4N5O7P/c1-7-26(5)35(38(53)47-22-13-14-23-59(56,57-9-3)58-10-4)50-40(55)41(21-20-33-30(25-41)29-17-15-18-31(37(29)48-33)42(44,45)46)51-39(54)36(27(6)8-2)49-34(52)24-28-16-11-12-19-32(28)43/h11-12,15-19,26-27,35-36,48H,7-10,13-14,20-25H2,1-6H3,(H,47,53)(H,49,52)(H,50,55)(H,51,54)/t26?,27?,35-,36-,41+/m0/s1. The number of hydrogen-bond donors (Lipinski definition) is 5. The van der Waals surface area contributed by atoms with Crippen LogP contribution < -0.4 is 21.3 Å². The van der Waals surface area contributed by atoms with Gasteiger partial charge in [0.25, 0.3) is 0 Å². The van der Waals surface area contributed by atoms with Gasteiger partial charge in [-0.05, 0) is 74.6 Å². The zero-order valence-corrected chi connectivity index (χ0v) is 35.5. The number of amides is 4. The first-order chi connectivity index (χ1) is 27.9. The number of benzene rings is 2. The van der Waals surface area contributed by atoms with E-state index in [9.17, 15) is 41.3 Å². The summed E-state index contributed by atoms with van der Waals surface area (Å²) in [5, 5.41) is 11.6. The second-order valence-corrected chi connectivity index (χ2v) is 17.4. The molecule has 1 aromatic heterocycles. The van der Waals surface area contributed by atoms with E-state index >= 15 is 0 Å². The molecule has 1 heterocycles. The zero-order valence-electron chi connectivity index (χ0n) is 34.7. The van der Waals surface area contributed by atoms with Crippen LogP contribution in [0.15, 0.2) is 42.5 Å². The Morgan fingerprint density at radius 2 is 1.53 bits per heavy atom. The molecular weight excluding hydrogens is 793 g/mol. The van der Waals surface area contributed by atoms with Crippen molar-refractivity contribution in [3.05, 3.63) is 70.7 Å². The van der Waals surface area contributed by atoms with Gasteiger partial charge in [-0.15, -0.1) is 0 Å². The van der Waals surface area contributed by atoms with Gasteiger partial charge in [-0.3, -0.25) is 23.7 Å². The molecular formula is C42H58F4N5O7P. The predicted molar refractivity (Wildman–Crippen MR) is 217 cm³/mol. The van der Waals surface area contributed by atoms with Crippen molar-refractivity contribution in [2.75, 3.05) is 25.9 Å². The molecule has 326 valence electrons. The molecule has 4 rings (SSSR count). The molecule has 2 unspecified atom stereocenters. The highest BCUT2D eigenvalue weighted by atomic mass is 31.2. The summed E-state index contributed by atoms with van der Waals surface area (Å²) >= 11 is 0. The molecule has 4 amide bonds. The number of unbranched alkanes of at least 4 members (excludes halogenated alkanes) is 1. The number of nitrogens with one attached hydrogen (secondary N) is 5. The zero-order chi connectivity index (χ0) is 43.5. The molecule has 1 aliphatic rings. The van der Waals surface area contributed by atoms with Crippen LogP contribution in [0.25, 0.3) is 10.9 Å². The number of aromatic amines is 1. The molecule has 0 fully saturated rings. The average molecular weight is 852 g/mol. The number of H-pyrrole nitrogens is 1. The van der Waals surface area contributed by atoms with Gasteiger partial charge in [-0.25, -0.2) is 4.39 Å². The molecule has 0 radical (unpaired) electrons. The summed E-state index contributed by atoms with van der Waals surface area (Å²) in [7, 11) is -3.26. The number of aryl methyl sites for hydroxylation is 1. The minimum Gasteiger partial charge on any atom is -0.358 e. The second kappa shape index (κ2) is 20.8. The lowest BCUT2D eigenvalue weighted by Crippen LogP contribution is -2.67. The molecule has 1 aliphatic carbocycles. The molecule has 17 heteroatoms. The van der Waals surface area contributed by atoms with Crippen molar-refractivity contribution in [3.8, 4) is 0 Å². The highest BCUT2D eigenvalue weighted by Gasteiger charge is 2.47. The summed E-state index contributed by atoms with van der Waals surface area (Å²) in [5.41, 5.74) is -1.74. The maximum Gasteiger partial charge on any atom is 0.418 e. The summed E-state index contributed by atoms with van der Waals surface area (Å²) in [4.78, 5) is 59.1. The lowest BCUT2D eigenvalue weighted by atomic mass is 9.78. The van der Waals surface area contributed by atoms with Gasteiger partial charge in [0.2, 0.25) is 23.6 Å². The Morgan fingerprint density at radius 1 is 0.881 bits per heavy atom. The molecule has 2 aromatic carbocycles. The topological polar surface area (TPSA) is 168 Å². The third-order valence-corrected chi connectivity index (χ3v) is 13.3. The van der Waals surface area contributed by atoms with Gasteiger partial charge in [-0.1, -0.05) is 70.9 Å². The molecule has 12 nitrogen and oxygen atoms in total. The van der Waals surface area contributed by atoms with Gasteiger partial charge in [0, 0.05) is 24.0 Å². The highest BCUT2D eigenvalue weighted by molar-refractivity contribution is 7.53. The van der Waals surface area contributed by atoms with E-state index in [4.69, 9.17) is 9.05 Å². The van der Waals surface area contributed by atoms with Crippen LogP contribution >= 0.6 is 7.60 Å². The number of rotatable bonds is 21. The van der Waals surface area contributed by atoms with Crippen molar-refractivity contribution >= 4 is 42.1 Å². The fraction of sp³-hybridized carbons (Fsp3) is 0.571. The number of carbonyl (C=O) groups excluding carboxylic acids is 4. The van der Waals surface area contributed by atoms with Crippen LogP contribution in [0.2, 0.25) is 0 Å². The van der Waals surface area contributed by atoms with E-state index < -0.39 is 72.3 Å². The van der Waals surface area contributed by atoms with Gasteiger partial charge >= 0.3 is 13.8 Å². The molecule has 0 aliphatic heterocycles. The lowest BCUT2D eigenvalue weighted by Gasteiger charge is -2.39. The Bertz CT molecular complexity index is 1980. The molecule has 5 N–H and O–H groups in total. The SMILES string of the molecule is CCOP(=O)(CCCCNC(=O)[C@@H](NC(=O)[C@@]1(NC(=O)[C@@H](NC(=O)Cc2ccccc2F)C(C)CC)CCc2[nH]c3c(C(F)(F)F)cccc3c2C1)C(C)CC)OCC. The molecule has 0 saturated carbocycles. The van der Waals surface area contributed by atoms with Crippen LogP contribution in [-0.2, 0) is 58.2 Å². The molecule has 3 aromatic rings. The Hall–Kier alpha value is -4.27. The first-order valence-electron chi connectivity index (χ1n) is 20.4. The van der Waals surface area contributed by atoms with E-state index in [0.29, 0.717) is 36.9 Å². The maximum absolute atomic E-state index is 14.8. The summed E-state index contributed by atoms with van der Waals surface area (Å²) in [6, 6.07) is 7.32. The number of halogens is 4. The van der Waals surface area contributed by atoms with Crippen molar-refractivity contribution < 1.29 is 50.4 Å². The molecule has 0 saturated heterocycles. The van der Waals surface area contributed by atoms with Crippen LogP contribution in [0.5, 0.6) is 0 Å². The van der Waals surface area contributed by atoms with E-state index in [1.54, 1.807) is 33.8 Å². The van der Waals surface area contributed by atoms with Crippen molar-refractivity contribution in [1.82, 2.24) is 26.3 Å². The number of carbonyl (C=O) groups is 4. The number of para-hydroxylation sites is 1. The van der Waals surface area contributed by atoms with Crippen LogP contribution in [-0.4, -0.2) is 72.2 Å². The van der Waals surface area contributed by atoms with Gasteiger partial charge in [0.1, 0.15) is 23.4 Å². The summed E-state index contributed by atoms with van der Waals surface area (Å²) in [6.07, 6.45) is -3.22. The number of alkyl halides is 3. The Labute approximate surface area is 343 Å². The maximum atomic E-state index is 14.8. The van der Waals surface area contributed by atoms with Gasteiger partial charge < -0.3 is 35.3 Å². The third kappa shape index (κ3) is 11.9. The monoisotopic (exact) mass is 851 g/mol. The van der Waals surface area contributed by atoms with Crippen LogP contribution in [0, 0.1) is 17.7 Å². The Morgan fingerprint density at radius 3 is 2.14 bits per heavy atom. The first-order valence-corrected chi connectivity index (χ1v) is 22.2. The van der Waals surface area contributed by atoms with E-state index in [1.807, 2.05) is 13.8 Å². The van der Waals surface area contributed by atoms with Crippen LogP contribution in [0.3, 0.4) is 0 Å². The van der Waals surface area contributed by atoms with Crippen LogP contribution in [0.4, 0.5) is 17.6 Å². The van der Waals surface area contributed by atoms with E-state index in [0.717, 1.165) is 6.07 Å². The van der Waals surface area contributed by atoms with Crippen LogP contribution in [0.1, 0.15) is 96.0 Å². The van der Waals surface area contributed by atoms with Gasteiger partial charge in [-0.2, -0.15) is 13.2 Å². The lowest BCUT2D eigenvalue weighted by molar-refractivity contribution is -0.139. The largest absolute Gasteiger partial charge is 0.418 e. The average Bonchev–Trinajstić information content (AvgIpc) is 3.56. The Balaban J connectivity index is 1.64. The number of aromatic nitrogens is 1. The van der Waals surface area contributed by atoms with Crippen molar-refractivity contribution in [2.45, 2.75) is 117 Å². The van der Waals surface area contributed by atoms with E-state index in [2.05, 4.69) is 26.3 Å². The summed E-state index contributed by atoms with van der Waals surface area (Å²) in [5.74, 6) is -3.94. The molecule has 0 spiro atoms. The minimum atomic E-state index is -4.66. The number of fused-ring (bicyclic) bond motifs is 3. The second-order valence-electron chi connectivity index (χ2n) is 15.3. The number of hydrogen-bond acceptors (Lipinski definition) is 7. The van der Waals surface area contributed by atoms with E-state index in [1.165, 1.54) is 30.3 Å². The first kappa shape index (κ1) is 47.4. The van der Waals surface area contributed by atoms with Crippen molar-refractivity contribution in [1.29, 1.82) is 0 Å². The molecule has 0 bridgehead atoms. The highest BCUT2D eigenvalue weighted by Crippen LogP contribution is 2.48. The summed E-state index contributed by atoms with van der Waals surface area (Å²) < 4.78 is 80.3. The smallest absolute Gasteiger partial charge is 0.358 e. The fourth-order valence-corrected chi connectivity index (χ4v) is 9.14. The predicted octanol–water partition coefficient (Wildman–Crippen LogP) is 7.14.